The zero-order valence-corrected chi connectivity index (χ0v) is 13.7. The van der Waals surface area contributed by atoms with Gasteiger partial charge in [-0.3, -0.25) is 0 Å². The third kappa shape index (κ3) is 3.95. The molecule has 0 aromatic carbocycles. The second kappa shape index (κ2) is 6.58. The molecule has 1 N–H and O–H groups in total. The Morgan fingerprint density at radius 1 is 1.53 bits per heavy atom. The van der Waals surface area contributed by atoms with Gasteiger partial charge in [0, 0.05) is 36.8 Å². The summed E-state index contributed by atoms with van der Waals surface area (Å²) < 4.78 is 26.4. The Hall–Kier alpha value is -0.0800. The maximum absolute atomic E-state index is 12.5. The van der Waals surface area contributed by atoms with E-state index in [1.165, 1.54) is 28.5 Å². The van der Waals surface area contributed by atoms with Crippen molar-refractivity contribution >= 4 is 33.1 Å². The summed E-state index contributed by atoms with van der Waals surface area (Å²) in [6.07, 6.45) is 4.40. The molecule has 1 aromatic rings. The van der Waals surface area contributed by atoms with Gasteiger partial charge in [0.1, 0.15) is 0 Å². The minimum atomic E-state index is -3.34. The second-order valence-corrected chi connectivity index (χ2v) is 8.68. The molecule has 108 valence electrons. The molecule has 1 aromatic heterocycles. The topological polar surface area (TPSA) is 49.4 Å². The predicted molar refractivity (Wildman–Crippen MR) is 82.4 cm³/mol. The highest BCUT2D eigenvalue weighted by Crippen LogP contribution is 2.26. The van der Waals surface area contributed by atoms with E-state index in [1.807, 2.05) is 11.6 Å². The minimum absolute atomic E-state index is 0.467. The van der Waals surface area contributed by atoms with Gasteiger partial charge in [0.05, 0.1) is 4.90 Å². The summed E-state index contributed by atoms with van der Waals surface area (Å²) in [7, 11) is -1.68. The molecule has 0 saturated heterocycles. The summed E-state index contributed by atoms with van der Waals surface area (Å²) in [4.78, 5) is 1.39. The third-order valence-electron chi connectivity index (χ3n) is 3.13. The first-order valence-corrected chi connectivity index (χ1v) is 10.0. The first-order valence-electron chi connectivity index (χ1n) is 6.30. The van der Waals surface area contributed by atoms with Gasteiger partial charge in [0.25, 0.3) is 0 Å². The number of hydrogen-bond acceptors (Lipinski definition) is 5. The standard InChI is InChI=1S/C12H20N2O2S3/c1-14(6-8-17-2)19(15,16)12-5-7-18-11(12)9-13-10-3-4-10/h5,7,10,13H,3-4,6,8-9H2,1-2H3. The van der Waals surface area contributed by atoms with Gasteiger partial charge in [-0.2, -0.15) is 11.8 Å². The van der Waals surface area contributed by atoms with Crippen LogP contribution in [0.15, 0.2) is 16.3 Å². The molecular formula is C12H20N2O2S3. The highest BCUT2D eigenvalue weighted by molar-refractivity contribution is 7.98. The summed E-state index contributed by atoms with van der Waals surface area (Å²) in [6.45, 7) is 1.21. The molecule has 1 saturated carbocycles. The quantitative estimate of drug-likeness (QED) is 0.796. The van der Waals surface area contributed by atoms with Crippen LogP contribution < -0.4 is 5.32 Å². The molecule has 4 nitrogen and oxygen atoms in total. The largest absolute Gasteiger partial charge is 0.309 e. The van der Waals surface area contributed by atoms with Gasteiger partial charge in [0.2, 0.25) is 10.0 Å². The van der Waals surface area contributed by atoms with Gasteiger partial charge in [-0.15, -0.1) is 11.3 Å². The Bertz CT molecular complexity index is 509. The van der Waals surface area contributed by atoms with Crippen molar-refractivity contribution in [3.8, 4) is 0 Å². The molecule has 0 bridgehead atoms. The average Bonchev–Trinajstić information content (AvgIpc) is 3.09. The zero-order chi connectivity index (χ0) is 13.9. The van der Waals surface area contributed by atoms with Crippen LogP contribution >= 0.6 is 23.1 Å². The number of nitrogens with one attached hydrogen (secondary N) is 1. The fraction of sp³-hybridized carbons (Fsp3) is 0.667. The average molecular weight is 321 g/mol. The number of hydrogen-bond donors (Lipinski definition) is 1. The Labute approximate surface area is 123 Å². The van der Waals surface area contributed by atoms with Crippen LogP contribution in [-0.2, 0) is 16.6 Å². The number of rotatable bonds is 8. The van der Waals surface area contributed by atoms with E-state index in [-0.39, 0.29) is 0 Å². The summed E-state index contributed by atoms with van der Waals surface area (Å²) >= 11 is 3.17. The molecule has 19 heavy (non-hydrogen) atoms. The van der Waals surface area contributed by atoms with Crippen molar-refractivity contribution in [1.82, 2.24) is 9.62 Å². The lowest BCUT2D eigenvalue weighted by Gasteiger charge is -2.17. The van der Waals surface area contributed by atoms with Gasteiger partial charge >= 0.3 is 0 Å². The van der Waals surface area contributed by atoms with Gasteiger partial charge in [-0.1, -0.05) is 0 Å². The molecule has 1 aliphatic rings. The van der Waals surface area contributed by atoms with Crippen molar-refractivity contribution in [2.24, 2.45) is 0 Å². The minimum Gasteiger partial charge on any atom is -0.309 e. The fourth-order valence-electron chi connectivity index (χ4n) is 1.72. The van der Waals surface area contributed by atoms with E-state index in [0.29, 0.717) is 24.0 Å². The smallest absolute Gasteiger partial charge is 0.243 e. The first kappa shape index (κ1) is 15.3. The van der Waals surface area contributed by atoms with Gasteiger partial charge in [-0.25, -0.2) is 12.7 Å². The van der Waals surface area contributed by atoms with Crippen LogP contribution in [0.2, 0.25) is 0 Å². The van der Waals surface area contributed by atoms with Gasteiger partial charge in [0.15, 0.2) is 0 Å². The molecule has 1 fully saturated rings. The normalized spacial score (nSPS) is 16.2. The van der Waals surface area contributed by atoms with Crippen molar-refractivity contribution in [1.29, 1.82) is 0 Å². The SMILES string of the molecule is CSCCN(C)S(=O)(=O)c1ccsc1CNC1CC1. The van der Waals surface area contributed by atoms with E-state index in [2.05, 4.69) is 5.32 Å². The molecule has 0 atom stereocenters. The highest BCUT2D eigenvalue weighted by Gasteiger charge is 2.26. The summed E-state index contributed by atoms with van der Waals surface area (Å²) in [5.74, 6) is 0.815. The molecule has 0 spiro atoms. The van der Waals surface area contributed by atoms with Crippen LogP contribution in [0.4, 0.5) is 0 Å². The number of thioether (sulfide) groups is 1. The molecule has 1 aliphatic carbocycles. The first-order chi connectivity index (χ1) is 9.05. The lowest BCUT2D eigenvalue weighted by molar-refractivity contribution is 0.487. The van der Waals surface area contributed by atoms with Crippen LogP contribution in [0.3, 0.4) is 0 Å². The Morgan fingerprint density at radius 2 is 2.26 bits per heavy atom. The number of sulfonamides is 1. The molecule has 0 radical (unpaired) electrons. The van der Waals surface area contributed by atoms with Crippen LogP contribution in [0, 0.1) is 0 Å². The highest BCUT2D eigenvalue weighted by atomic mass is 32.2. The zero-order valence-electron chi connectivity index (χ0n) is 11.3. The number of thiophene rings is 1. The molecule has 0 amide bonds. The maximum Gasteiger partial charge on any atom is 0.243 e. The van der Waals surface area contributed by atoms with Crippen molar-refractivity contribution < 1.29 is 8.42 Å². The predicted octanol–water partition coefficient (Wildman–Crippen LogP) is 1.98. The van der Waals surface area contributed by atoms with Crippen LogP contribution in [0.25, 0.3) is 0 Å². The van der Waals surface area contributed by atoms with Gasteiger partial charge in [-0.05, 0) is 30.5 Å². The third-order valence-corrected chi connectivity index (χ3v) is 6.71. The molecular weight excluding hydrogens is 300 g/mol. The van der Waals surface area contributed by atoms with Crippen molar-refractivity contribution in [3.63, 3.8) is 0 Å². The lowest BCUT2D eigenvalue weighted by atomic mass is 10.4. The van der Waals surface area contributed by atoms with E-state index >= 15 is 0 Å². The monoisotopic (exact) mass is 320 g/mol. The van der Waals surface area contributed by atoms with Crippen LogP contribution in [-0.4, -0.2) is 44.4 Å². The van der Waals surface area contributed by atoms with Crippen molar-refractivity contribution in [3.05, 3.63) is 16.3 Å². The summed E-state index contributed by atoms with van der Waals surface area (Å²) in [6, 6.07) is 2.31. The number of nitrogens with zero attached hydrogens (tertiary/aromatic N) is 1. The molecule has 7 heteroatoms. The van der Waals surface area contributed by atoms with Crippen LogP contribution in [0.5, 0.6) is 0 Å². The lowest BCUT2D eigenvalue weighted by Crippen LogP contribution is -2.30. The Balaban J connectivity index is 2.08. The summed E-state index contributed by atoms with van der Waals surface area (Å²) in [5.41, 5.74) is 0. The molecule has 2 rings (SSSR count). The molecule has 1 heterocycles. The second-order valence-electron chi connectivity index (χ2n) is 4.68. The Kier molecular flexibility index (Phi) is 5.30. The van der Waals surface area contributed by atoms with Crippen molar-refractivity contribution in [2.75, 3.05) is 25.6 Å². The van der Waals surface area contributed by atoms with Crippen molar-refractivity contribution in [2.45, 2.75) is 30.3 Å². The van der Waals surface area contributed by atoms with E-state index in [4.69, 9.17) is 0 Å². The maximum atomic E-state index is 12.5. The van der Waals surface area contributed by atoms with E-state index in [1.54, 1.807) is 24.9 Å². The van der Waals surface area contributed by atoms with Gasteiger partial charge < -0.3 is 5.32 Å². The molecule has 0 unspecified atom stereocenters. The van der Waals surface area contributed by atoms with Crippen LogP contribution in [0.1, 0.15) is 17.7 Å². The summed E-state index contributed by atoms with van der Waals surface area (Å²) in [5, 5.41) is 5.24. The van der Waals surface area contributed by atoms with E-state index in [9.17, 15) is 8.42 Å². The Morgan fingerprint density at radius 3 is 2.89 bits per heavy atom. The van der Waals surface area contributed by atoms with E-state index < -0.39 is 10.0 Å². The van der Waals surface area contributed by atoms with E-state index in [0.717, 1.165) is 10.6 Å². The molecule has 0 aliphatic heterocycles. The fourth-order valence-corrected chi connectivity index (χ4v) is 4.82.